The average Bonchev–Trinajstić information content (AvgIpc) is 3.17. The van der Waals surface area contributed by atoms with Crippen LogP contribution < -0.4 is 11.1 Å². The highest BCUT2D eigenvalue weighted by atomic mass is 16.5. The van der Waals surface area contributed by atoms with Gasteiger partial charge in [-0.15, -0.1) is 5.10 Å². The van der Waals surface area contributed by atoms with E-state index in [0.717, 1.165) is 49.4 Å². The van der Waals surface area contributed by atoms with Gasteiger partial charge >= 0.3 is 0 Å². The Kier molecular flexibility index (Phi) is 5.59. The van der Waals surface area contributed by atoms with E-state index in [-0.39, 0.29) is 11.8 Å². The van der Waals surface area contributed by atoms with Gasteiger partial charge in [-0.25, -0.2) is 0 Å². The number of aromatic nitrogens is 3. The highest BCUT2D eigenvalue weighted by Gasteiger charge is 2.43. The summed E-state index contributed by atoms with van der Waals surface area (Å²) in [5.41, 5.74) is 8.40. The number of rotatable bonds is 7. The van der Waals surface area contributed by atoms with Crippen LogP contribution in [0.1, 0.15) is 12.8 Å². The molecule has 4 heterocycles. The fourth-order valence-corrected chi connectivity index (χ4v) is 4.47. The molecule has 3 N–H and O–H groups in total. The third-order valence-corrected chi connectivity index (χ3v) is 5.94. The van der Waals surface area contributed by atoms with Crippen LogP contribution in [0.3, 0.4) is 0 Å². The summed E-state index contributed by atoms with van der Waals surface area (Å²) in [6.07, 6.45) is 4.09. The predicted molar refractivity (Wildman–Crippen MR) is 106 cm³/mol. The molecule has 3 aliphatic heterocycles. The van der Waals surface area contributed by atoms with Gasteiger partial charge in [-0.2, -0.15) is 0 Å². The molecule has 150 valence electrons. The smallest absolute Gasteiger partial charge is 0.224 e. The number of anilines is 1. The molecule has 1 aromatic carbocycles. The second-order valence-electron chi connectivity index (χ2n) is 7.77. The lowest BCUT2D eigenvalue weighted by Gasteiger charge is -2.49. The molecule has 1 aromatic heterocycles. The summed E-state index contributed by atoms with van der Waals surface area (Å²) < 4.78 is 6.93. The average molecular weight is 384 g/mol. The van der Waals surface area contributed by atoms with E-state index in [1.807, 2.05) is 35.1 Å². The molecule has 1 unspecified atom stereocenters. The largest absolute Gasteiger partial charge is 0.399 e. The molecule has 8 heteroatoms. The Balaban J connectivity index is 1.37. The van der Waals surface area contributed by atoms with Crippen LogP contribution in [0, 0.1) is 11.8 Å². The van der Waals surface area contributed by atoms with Crippen molar-refractivity contribution in [1.82, 2.24) is 25.2 Å². The van der Waals surface area contributed by atoms with Gasteiger partial charge in [0.15, 0.2) is 0 Å². The number of hydrogen-bond donors (Lipinski definition) is 2. The van der Waals surface area contributed by atoms with E-state index in [9.17, 15) is 4.79 Å². The minimum absolute atomic E-state index is 0.0838. The second kappa shape index (κ2) is 8.28. The van der Waals surface area contributed by atoms with Crippen molar-refractivity contribution in [3.8, 4) is 11.3 Å². The summed E-state index contributed by atoms with van der Waals surface area (Å²) in [5, 5.41) is 11.6. The Hall–Kier alpha value is -2.45. The van der Waals surface area contributed by atoms with Crippen LogP contribution >= 0.6 is 0 Å². The van der Waals surface area contributed by atoms with Crippen LogP contribution in [-0.2, 0) is 16.1 Å². The van der Waals surface area contributed by atoms with Crippen molar-refractivity contribution in [2.24, 2.45) is 11.8 Å². The number of nitrogens with one attached hydrogen (secondary N) is 1. The standard InChI is InChI=1S/C20H28N6O2/c1-28-8-6-22-20(27)18-12-25-7-5-14(18)10-17(25)11-26-13-19(23-24-26)15-3-2-4-16(21)9-15/h2-4,9,13-14,17-18H,5-8,10-12,21H2,1H3,(H,22,27)/t14-,17-,18-/m1/s1. The van der Waals surface area contributed by atoms with E-state index in [4.69, 9.17) is 10.5 Å². The molecule has 2 aromatic rings. The molecule has 1 amide bonds. The van der Waals surface area contributed by atoms with E-state index in [2.05, 4.69) is 20.5 Å². The molecule has 3 aliphatic rings. The molecule has 3 saturated heterocycles. The zero-order valence-electron chi connectivity index (χ0n) is 16.3. The number of fused-ring (bicyclic) bond motifs is 3. The fraction of sp³-hybridized carbons (Fsp3) is 0.550. The molecule has 2 bridgehead atoms. The van der Waals surface area contributed by atoms with E-state index >= 15 is 0 Å². The van der Waals surface area contributed by atoms with Crippen molar-refractivity contribution >= 4 is 11.6 Å². The lowest BCUT2D eigenvalue weighted by molar-refractivity contribution is -0.133. The first-order valence-corrected chi connectivity index (χ1v) is 9.91. The van der Waals surface area contributed by atoms with Crippen LogP contribution in [0.25, 0.3) is 11.3 Å². The summed E-state index contributed by atoms with van der Waals surface area (Å²) in [6, 6.07) is 8.09. The summed E-state index contributed by atoms with van der Waals surface area (Å²) in [6.45, 7) is 3.80. The number of nitrogens with two attached hydrogens (primary N) is 1. The normalized spacial score (nSPS) is 26.3. The second-order valence-corrected chi connectivity index (χ2v) is 7.77. The first kappa shape index (κ1) is 18.9. The van der Waals surface area contributed by atoms with Gasteiger partial charge in [-0.05, 0) is 37.4 Å². The molecule has 0 spiro atoms. The topological polar surface area (TPSA) is 98.3 Å². The van der Waals surface area contributed by atoms with Gasteiger partial charge in [0.1, 0.15) is 5.69 Å². The Morgan fingerprint density at radius 3 is 3.07 bits per heavy atom. The molecule has 28 heavy (non-hydrogen) atoms. The predicted octanol–water partition coefficient (Wildman–Crippen LogP) is 1.00. The van der Waals surface area contributed by atoms with Crippen molar-refractivity contribution in [3.63, 3.8) is 0 Å². The molecule has 4 atom stereocenters. The molecular weight excluding hydrogens is 356 g/mol. The first-order chi connectivity index (χ1) is 13.6. The molecule has 0 aliphatic carbocycles. The third kappa shape index (κ3) is 4.02. The van der Waals surface area contributed by atoms with Gasteiger partial charge in [-0.1, -0.05) is 17.3 Å². The van der Waals surface area contributed by atoms with Gasteiger partial charge in [0.05, 0.1) is 25.3 Å². The number of benzene rings is 1. The van der Waals surface area contributed by atoms with Gasteiger partial charge < -0.3 is 15.8 Å². The van der Waals surface area contributed by atoms with Crippen LogP contribution in [0.4, 0.5) is 5.69 Å². The van der Waals surface area contributed by atoms with Crippen molar-refractivity contribution in [2.75, 3.05) is 39.1 Å². The van der Waals surface area contributed by atoms with Crippen LogP contribution in [-0.4, -0.2) is 65.2 Å². The number of piperidine rings is 3. The minimum atomic E-state index is 0.0838. The summed E-state index contributed by atoms with van der Waals surface area (Å²) in [5.74, 6) is 0.685. The summed E-state index contributed by atoms with van der Waals surface area (Å²) in [7, 11) is 1.65. The van der Waals surface area contributed by atoms with E-state index < -0.39 is 0 Å². The SMILES string of the molecule is COCCNC(=O)[C@@H]1CN2CC[C@@H]1C[C@@H]2Cn1cc(-c2cccc(N)c2)nn1. The van der Waals surface area contributed by atoms with Crippen molar-refractivity contribution in [1.29, 1.82) is 0 Å². The van der Waals surface area contributed by atoms with Gasteiger partial charge in [0.2, 0.25) is 5.91 Å². The molecule has 8 nitrogen and oxygen atoms in total. The van der Waals surface area contributed by atoms with Crippen LogP contribution in [0.15, 0.2) is 30.5 Å². The lowest BCUT2D eigenvalue weighted by Crippen LogP contribution is -2.58. The lowest BCUT2D eigenvalue weighted by atomic mass is 9.75. The maximum absolute atomic E-state index is 12.5. The number of ether oxygens (including phenoxy) is 1. The van der Waals surface area contributed by atoms with Gasteiger partial charge in [-0.3, -0.25) is 14.4 Å². The fourth-order valence-electron chi connectivity index (χ4n) is 4.47. The number of methoxy groups -OCH3 is 1. The van der Waals surface area contributed by atoms with Gasteiger partial charge in [0, 0.05) is 37.5 Å². The highest BCUT2D eigenvalue weighted by molar-refractivity contribution is 5.79. The molecular formula is C20H28N6O2. The third-order valence-electron chi connectivity index (χ3n) is 5.94. The maximum Gasteiger partial charge on any atom is 0.224 e. The number of nitrogen functional groups attached to an aromatic ring is 1. The Labute approximate surface area is 165 Å². The van der Waals surface area contributed by atoms with E-state index in [1.54, 1.807) is 7.11 Å². The van der Waals surface area contributed by atoms with Crippen molar-refractivity contribution < 1.29 is 9.53 Å². The Morgan fingerprint density at radius 2 is 2.32 bits per heavy atom. The Morgan fingerprint density at radius 1 is 1.43 bits per heavy atom. The maximum atomic E-state index is 12.5. The van der Waals surface area contributed by atoms with E-state index in [1.165, 1.54) is 0 Å². The highest BCUT2D eigenvalue weighted by Crippen LogP contribution is 2.37. The number of amides is 1. The number of carbonyl (C=O) groups excluding carboxylic acids is 1. The number of hydrogen-bond acceptors (Lipinski definition) is 6. The summed E-state index contributed by atoms with van der Waals surface area (Å²) in [4.78, 5) is 14.9. The summed E-state index contributed by atoms with van der Waals surface area (Å²) >= 11 is 0. The molecule has 5 rings (SSSR count). The Bertz CT molecular complexity index is 823. The van der Waals surface area contributed by atoms with Crippen molar-refractivity contribution in [2.45, 2.75) is 25.4 Å². The quantitative estimate of drug-likeness (QED) is 0.546. The first-order valence-electron chi connectivity index (χ1n) is 9.91. The number of carbonyl (C=O) groups is 1. The van der Waals surface area contributed by atoms with Crippen LogP contribution in [0.5, 0.6) is 0 Å². The van der Waals surface area contributed by atoms with Crippen molar-refractivity contribution in [3.05, 3.63) is 30.5 Å². The zero-order valence-corrected chi connectivity index (χ0v) is 16.3. The zero-order chi connectivity index (χ0) is 19.5. The molecule has 0 saturated carbocycles. The monoisotopic (exact) mass is 384 g/mol. The minimum Gasteiger partial charge on any atom is -0.399 e. The van der Waals surface area contributed by atoms with Gasteiger partial charge in [0.25, 0.3) is 0 Å². The van der Waals surface area contributed by atoms with Crippen LogP contribution in [0.2, 0.25) is 0 Å². The van der Waals surface area contributed by atoms with E-state index in [0.29, 0.717) is 25.1 Å². The number of nitrogens with zero attached hydrogens (tertiary/aromatic N) is 4. The molecule has 0 radical (unpaired) electrons. The molecule has 3 fully saturated rings.